The van der Waals surface area contributed by atoms with Crippen molar-refractivity contribution in [3.05, 3.63) is 45.0 Å². The molecule has 0 radical (unpaired) electrons. The minimum Gasteiger partial charge on any atom is -0.368 e. The van der Waals surface area contributed by atoms with E-state index in [1.807, 2.05) is 0 Å². The Morgan fingerprint density at radius 1 is 1.07 bits per heavy atom. The maximum atomic E-state index is 10.9. The molecule has 0 amide bonds. The normalized spacial score (nSPS) is 18.2. The van der Waals surface area contributed by atoms with Crippen LogP contribution in [0, 0.1) is 10.1 Å². The number of anilines is 1. The monoisotopic (exact) mass is 390 g/mol. The van der Waals surface area contributed by atoms with Gasteiger partial charge in [-0.05, 0) is 18.9 Å². The fraction of sp³-hybridized carbons (Fsp3) is 0.556. The van der Waals surface area contributed by atoms with E-state index in [1.54, 1.807) is 6.07 Å². The van der Waals surface area contributed by atoms with Gasteiger partial charge in [-0.1, -0.05) is 18.0 Å². The van der Waals surface area contributed by atoms with E-state index < -0.39 is 4.92 Å². The van der Waals surface area contributed by atoms with Crippen molar-refractivity contribution in [2.75, 3.05) is 31.1 Å². The second-order valence-corrected chi connectivity index (χ2v) is 7.56. The van der Waals surface area contributed by atoms with E-state index in [2.05, 4.69) is 24.6 Å². The predicted octanol–water partition coefficient (Wildman–Crippen LogP) is 2.89. The molecule has 0 N–H and O–H groups in total. The number of hydrogen-bond acceptors (Lipinski definition) is 6. The van der Waals surface area contributed by atoms with E-state index in [4.69, 9.17) is 11.6 Å². The molecule has 0 saturated carbocycles. The number of aromatic nitrogens is 3. The molecule has 1 aromatic carbocycles. The van der Waals surface area contributed by atoms with Crippen molar-refractivity contribution < 1.29 is 4.92 Å². The number of nitro groups is 1. The van der Waals surface area contributed by atoms with Crippen molar-refractivity contribution in [2.45, 2.75) is 38.8 Å². The Morgan fingerprint density at radius 3 is 2.63 bits per heavy atom. The molecular weight excluding hydrogens is 368 g/mol. The summed E-state index contributed by atoms with van der Waals surface area (Å²) in [5, 5.41) is 20.1. The molecule has 3 heterocycles. The molecule has 9 heteroatoms. The third kappa shape index (κ3) is 3.91. The SMILES string of the molecule is O=[N+]([O-])c1ccc(N2CCN(Cc3nnc4n3CCCCC4)CC2)c(Cl)c1. The molecule has 4 rings (SSSR count). The third-order valence-corrected chi connectivity index (χ3v) is 5.71. The molecule has 0 atom stereocenters. The Bertz CT molecular complexity index is 831. The molecule has 1 fully saturated rings. The van der Waals surface area contributed by atoms with E-state index in [9.17, 15) is 10.1 Å². The van der Waals surface area contributed by atoms with Gasteiger partial charge in [0, 0.05) is 51.3 Å². The molecule has 27 heavy (non-hydrogen) atoms. The Labute approximate surface area is 162 Å². The van der Waals surface area contributed by atoms with E-state index >= 15 is 0 Å². The summed E-state index contributed by atoms with van der Waals surface area (Å²) in [7, 11) is 0. The minimum atomic E-state index is -0.422. The van der Waals surface area contributed by atoms with Crippen LogP contribution in [0.15, 0.2) is 18.2 Å². The molecule has 0 bridgehead atoms. The highest BCUT2D eigenvalue weighted by molar-refractivity contribution is 6.33. The molecule has 2 aliphatic rings. The minimum absolute atomic E-state index is 0.0230. The van der Waals surface area contributed by atoms with Gasteiger partial charge in [0.15, 0.2) is 0 Å². The van der Waals surface area contributed by atoms with Crippen LogP contribution in [0.2, 0.25) is 5.02 Å². The number of non-ortho nitro benzene ring substituents is 1. The van der Waals surface area contributed by atoms with Crippen LogP contribution in [-0.4, -0.2) is 50.8 Å². The number of halogens is 1. The smallest absolute Gasteiger partial charge is 0.271 e. The zero-order chi connectivity index (χ0) is 18.8. The fourth-order valence-electron chi connectivity index (χ4n) is 3.87. The zero-order valence-electron chi connectivity index (χ0n) is 15.2. The standard InChI is InChI=1S/C18H23ClN6O2/c19-15-12-14(25(26)27)5-6-16(15)23-10-8-22(9-11-23)13-18-21-20-17-4-2-1-3-7-24(17)18/h5-6,12H,1-4,7-11,13H2. The molecular formula is C18H23ClN6O2. The van der Waals surface area contributed by atoms with Gasteiger partial charge in [-0.2, -0.15) is 0 Å². The first-order chi connectivity index (χ1) is 13.1. The summed E-state index contributed by atoms with van der Waals surface area (Å²) in [4.78, 5) is 15.0. The van der Waals surface area contributed by atoms with Crippen LogP contribution in [0.3, 0.4) is 0 Å². The fourth-order valence-corrected chi connectivity index (χ4v) is 4.17. The number of nitro benzene ring substituents is 1. The number of nitrogens with zero attached hydrogens (tertiary/aromatic N) is 6. The Morgan fingerprint density at radius 2 is 1.89 bits per heavy atom. The number of hydrogen-bond donors (Lipinski definition) is 0. The van der Waals surface area contributed by atoms with Gasteiger partial charge < -0.3 is 9.47 Å². The molecule has 144 valence electrons. The Hall–Kier alpha value is -2.19. The first-order valence-corrected chi connectivity index (χ1v) is 9.82. The molecule has 0 unspecified atom stereocenters. The van der Waals surface area contributed by atoms with E-state index in [0.29, 0.717) is 5.02 Å². The van der Waals surface area contributed by atoms with Crippen LogP contribution >= 0.6 is 11.6 Å². The van der Waals surface area contributed by atoms with E-state index in [0.717, 1.165) is 63.0 Å². The predicted molar refractivity (Wildman–Crippen MR) is 103 cm³/mol. The maximum Gasteiger partial charge on any atom is 0.271 e. The Balaban J connectivity index is 1.38. The van der Waals surface area contributed by atoms with Crippen molar-refractivity contribution in [1.82, 2.24) is 19.7 Å². The number of piperazine rings is 1. The largest absolute Gasteiger partial charge is 0.368 e. The van der Waals surface area contributed by atoms with Crippen LogP contribution in [-0.2, 0) is 19.5 Å². The van der Waals surface area contributed by atoms with Crippen molar-refractivity contribution in [1.29, 1.82) is 0 Å². The molecule has 8 nitrogen and oxygen atoms in total. The lowest BCUT2D eigenvalue weighted by molar-refractivity contribution is -0.384. The maximum absolute atomic E-state index is 10.9. The van der Waals surface area contributed by atoms with Gasteiger partial charge in [0.05, 0.1) is 22.2 Å². The van der Waals surface area contributed by atoms with Gasteiger partial charge in [-0.15, -0.1) is 10.2 Å². The zero-order valence-corrected chi connectivity index (χ0v) is 15.9. The first kappa shape index (κ1) is 18.2. The van der Waals surface area contributed by atoms with Crippen LogP contribution in [0.25, 0.3) is 0 Å². The molecule has 2 aliphatic heterocycles. The highest BCUT2D eigenvalue weighted by Gasteiger charge is 2.23. The van der Waals surface area contributed by atoms with Crippen molar-refractivity contribution in [3.63, 3.8) is 0 Å². The summed E-state index contributed by atoms with van der Waals surface area (Å²) in [5.74, 6) is 2.19. The average Bonchev–Trinajstić information content (AvgIpc) is 2.89. The second-order valence-electron chi connectivity index (χ2n) is 7.15. The summed E-state index contributed by atoms with van der Waals surface area (Å²) in [5.41, 5.74) is 0.883. The van der Waals surface area contributed by atoms with Gasteiger partial charge >= 0.3 is 0 Å². The van der Waals surface area contributed by atoms with E-state index in [1.165, 1.54) is 31.4 Å². The summed E-state index contributed by atoms with van der Waals surface area (Å²) in [6, 6.07) is 4.68. The summed E-state index contributed by atoms with van der Waals surface area (Å²) in [6.45, 7) is 5.30. The second kappa shape index (κ2) is 7.82. The summed E-state index contributed by atoms with van der Waals surface area (Å²) < 4.78 is 2.30. The van der Waals surface area contributed by atoms with Gasteiger partial charge in [0.1, 0.15) is 11.6 Å². The molecule has 1 saturated heterocycles. The van der Waals surface area contributed by atoms with E-state index in [-0.39, 0.29) is 5.69 Å². The molecule has 0 aliphatic carbocycles. The molecule has 2 aromatic rings. The lowest BCUT2D eigenvalue weighted by Gasteiger charge is -2.36. The summed E-state index contributed by atoms with van der Waals surface area (Å²) in [6.07, 6.45) is 4.69. The molecule has 1 aromatic heterocycles. The summed E-state index contributed by atoms with van der Waals surface area (Å²) >= 11 is 6.27. The highest BCUT2D eigenvalue weighted by atomic mass is 35.5. The van der Waals surface area contributed by atoms with Gasteiger partial charge in [0.25, 0.3) is 5.69 Å². The first-order valence-electron chi connectivity index (χ1n) is 9.44. The molecule has 0 spiro atoms. The van der Waals surface area contributed by atoms with Crippen LogP contribution in [0.1, 0.15) is 30.9 Å². The third-order valence-electron chi connectivity index (χ3n) is 5.41. The number of rotatable bonds is 4. The van der Waals surface area contributed by atoms with Crippen LogP contribution in [0.4, 0.5) is 11.4 Å². The number of fused-ring (bicyclic) bond motifs is 1. The topological polar surface area (TPSA) is 80.3 Å². The highest BCUT2D eigenvalue weighted by Crippen LogP contribution is 2.30. The lowest BCUT2D eigenvalue weighted by Crippen LogP contribution is -2.46. The van der Waals surface area contributed by atoms with Crippen LogP contribution in [0.5, 0.6) is 0 Å². The van der Waals surface area contributed by atoms with Gasteiger partial charge in [-0.3, -0.25) is 15.0 Å². The van der Waals surface area contributed by atoms with Crippen molar-refractivity contribution >= 4 is 23.0 Å². The number of benzene rings is 1. The number of aryl methyl sites for hydroxylation is 1. The quantitative estimate of drug-likeness (QED) is 0.589. The Kier molecular flexibility index (Phi) is 5.27. The average molecular weight is 391 g/mol. The van der Waals surface area contributed by atoms with Gasteiger partial charge in [-0.25, -0.2) is 0 Å². The van der Waals surface area contributed by atoms with Gasteiger partial charge in [0.2, 0.25) is 0 Å². The van der Waals surface area contributed by atoms with Crippen molar-refractivity contribution in [2.24, 2.45) is 0 Å². The van der Waals surface area contributed by atoms with Crippen LogP contribution < -0.4 is 4.90 Å². The van der Waals surface area contributed by atoms with Crippen molar-refractivity contribution in [3.8, 4) is 0 Å². The lowest BCUT2D eigenvalue weighted by atomic mass is 10.2.